The monoisotopic (exact) mass is 418 g/mol. The Kier molecular flexibility index (Phi) is 8.03. The smallest absolute Gasteiger partial charge is 0.344 e. The quantitative estimate of drug-likeness (QED) is 0.666. The average Bonchev–Trinajstić information content (AvgIpc) is 2.67. The van der Waals surface area contributed by atoms with Gasteiger partial charge < -0.3 is 19.7 Å². The van der Waals surface area contributed by atoms with Gasteiger partial charge in [-0.15, -0.1) is 0 Å². The van der Waals surface area contributed by atoms with E-state index in [2.05, 4.69) is 5.32 Å². The third kappa shape index (κ3) is 7.46. The summed E-state index contributed by atoms with van der Waals surface area (Å²) in [7, 11) is 1.46. The van der Waals surface area contributed by atoms with Crippen molar-refractivity contribution >= 4 is 35.1 Å². The molecule has 0 aliphatic rings. The minimum Gasteiger partial charge on any atom is -0.482 e. The van der Waals surface area contributed by atoms with Crippen molar-refractivity contribution in [2.45, 2.75) is 20.0 Å². The van der Waals surface area contributed by atoms with Gasteiger partial charge in [0.05, 0.1) is 6.54 Å². The normalized spacial score (nSPS) is 11.3. The number of hydrogen-bond donors (Lipinski definition) is 1. The molecule has 0 radical (unpaired) electrons. The van der Waals surface area contributed by atoms with Gasteiger partial charge in [0.15, 0.2) is 12.7 Å². The van der Waals surface area contributed by atoms with E-state index < -0.39 is 18.0 Å². The van der Waals surface area contributed by atoms with Crippen LogP contribution in [0.25, 0.3) is 0 Å². The summed E-state index contributed by atoms with van der Waals surface area (Å²) in [6.45, 7) is 2.85. The van der Waals surface area contributed by atoms with E-state index in [9.17, 15) is 14.4 Å². The highest BCUT2D eigenvalue weighted by Crippen LogP contribution is 2.17. The predicted molar refractivity (Wildman–Crippen MR) is 110 cm³/mol. The summed E-state index contributed by atoms with van der Waals surface area (Å²) in [5, 5.41) is 3.18. The summed E-state index contributed by atoms with van der Waals surface area (Å²) >= 11 is 5.84. The van der Waals surface area contributed by atoms with Gasteiger partial charge in [0.1, 0.15) is 5.75 Å². The molecular weight excluding hydrogens is 396 g/mol. The van der Waals surface area contributed by atoms with Crippen molar-refractivity contribution in [3.63, 3.8) is 0 Å². The number of ether oxygens (including phenoxy) is 2. The first-order valence-corrected chi connectivity index (χ1v) is 9.31. The maximum absolute atomic E-state index is 12.3. The molecule has 2 aromatic rings. The molecule has 154 valence electrons. The van der Waals surface area contributed by atoms with Gasteiger partial charge in [-0.25, -0.2) is 4.79 Å². The largest absolute Gasteiger partial charge is 0.482 e. The molecule has 29 heavy (non-hydrogen) atoms. The van der Waals surface area contributed by atoms with Crippen molar-refractivity contribution < 1.29 is 23.9 Å². The Morgan fingerprint density at radius 3 is 2.48 bits per heavy atom. The van der Waals surface area contributed by atoms with Gasteiger partial charge in [-0.1, -0.05) is 35.4 Å². The van der Waals surface area contributed by atoms with Crippen LogP contribution in [0.1, 0.15) is 12.5 Å². The number of rotatable bonds is 8. The second-order valence-electron chi connectivity index (χ2n) is 6.49. The SMILES string of the molecule is Cc1ccc(NC(=O)CN(C)C(=O)[C@@H](C)OC(=O)COc2cccc(Cl)c2)cc1. The number of nitrogens with one attached hydrogen (secondary N) is 1. The van der Waals surface area contributed by atoms with Crippen LogP contribution in [0.5, 0.6) is 5.75 Å². The first kappa shape index (κ1) is 22.2. The summed E-state index contributed by atoms with van der Waals surface area (Å²) in [4.78, 5) is 37.5. The highest BCUT2D eigenvalue weighted by atomic mass is 35.5. The lowest BCUT2D eigenvalue weighted by Crippen LogP contribution is -2.42. The van der Waals surface area contributed by atoms with E-state index in [-0.39, 0.29) is 19.1 Å². The van der Waals surface area contributed by atoms with Crippen LogP contribution in [0.4, 0.5) is 5.69 Å². The number of carbonyl (C=O) groups excluding carboxylic acids is 3. The number of esters is 1. The molecule has 0 bridgehead atoms. The molecule has 0 saturated heterocycles. The van der Waals surface area contributed by atoms with Crippen molar-refractivity contribution in [1.29, 1.82) is 0 Å². The van der Waals surface area contributed by atoms with E-state index in [1.807, 2.05) is 19.1 Å². The van der Waals surface area contributed by atoms with Gasteiger partial charge >= 0.3 is 5.97 Å². The Balaban J connectivity index is 1.77. The van der Waals surface area contributed by atoms with E-state index >= 15 is 0 Å². The molecule has 2 aromatic carbocycles. The van der Waals surface area contributed by atoms with E-state index in [0.29, 0.717) is 16.5 Å². The van der Waals surface area contributed by atoms with Crippen molar-refractivity contribution in [2.24, 2.45) is 0 Å². The van der Waals surface area contributed by atoms with E-state index in [0.717, 1.165) is 5.56 Å². The fourth-order valence-corrected chi connectivity index (χ4v) is 2.60. The maximum atomic E-state index is 12.3. The minimum atomic E-state index is -1.05. The summed E-state index contributed by atoms with van der Waals surface area (Å²) in [5.74, 6) is -1.14. The van der Waals surface area contributed by atoms with Crippen LogP contribution in [0.3, 0.4) is 0 Å². The number of hydrogen-bond acceptors (Lipinski definition) is 5. The van der Waals surface area contributed by atoms with E-state index in [4.69, 9.17) is 21.1 Å². The number of likely N-dealkylation sites (N-methyl/N-ethyl adjacent to an activating group) is 1. The Morgan fingerprint density at radius 2 is 1.83 bits per heavy atom. The molecule has 0 aliphatic heterocycles. The minimum absolute atomic E-state index is 0.173. The zero-order valence-electron chi connectivity index (χ0n) is 16.5. The fourth-order valence-electron chi connectivity index (χ4n) is 2.42. The fraction of sp³-hybridized carbons (Fsp3) is 0.286. The molecule has 1 atom stereocenters. The van der Waals surface area contributed by atoms with Crippen LogP contribution in [0, 0.1) is 6.92 Å². The number of benzene rings is 2. The van der Waals surface area contributed by atoms with Gasteiger partial charge in [0.25, 0.3) is 5.91 Å². The third-order valence-electron chi connectivity index (χ3n) is 3.90. The summed E-state index contributed by atoms with van der Waals surface area (Å²) < 4.78 is 10.4. The molecule has 2 amide bonds. The zero-order valence-corrected chi connectivity index (χ0v) is 17.2. The van der Waals surface area contributed by atoms with Gasteiger partial charge in [-0.2, -0.15) is 0 Å². The van der Waals surface area contributed by atoms with Crippen LogP contribution in [-0.2, 0) is 19.1 Å². The van der Waals surface area contributed by atoms with Crippen molar-refractivity contribution in [2.75, 3.05) is 25.5 Å². The van der Waals surface area contributed by atoms with Crippen LogP contribution < -0.4 is 10.1 Å². The van der Waals surface area contributed by atoms with Crippen LogP contribution >= 0.6 is 11.6 Å². The van der Waals surface area contributed by atoms with Crippen LogP contribution in [0.15, 0.2) is 48.5 Å². The van der Waals surface area contributed by atoms with Crippen molar-refractivity contribution in [3.05, 3.63) is 59.1 Å². The second-order valence-corrected chi connectivity index (χ2v) is 6.92. The van der Waals surface area contributed by atoms with Crippen molar-refractivity contribution in [1.82, 2.24) is 4.90 Å². The third-order valence-corrected chi connectivity index (χ3v) is 4.14. The molecule has 1 N–H and O–H groups in total. The molecule has 0 aliphatic carbocycles. The zero-order chi connectivity index (χ0) is 21.4. The number of amides is 2. The Hall–Kier alpha value is -3.06. The number of halogens is 1. The Bertz CT molecular complexity index is 870. The van der Waals surface area contributed by atoms with Crippen molar-refractivity contribution in [3.8, 4) is 5.75 Å². The topological polar surface area (TPSA) is 84.9 Å². The Morgan fingerprint density at radius 1 is 1.14 bits per heavy atom. The van der Waals surface area contributed by atoms with E-state index in [1.165, 1.54) is 18.9 Å². The molecule has 2 rings (SSSR count). The standard InChI is InChI=1S/C21H23ClN2O5/c1-14-7-9-17(10-8-14)23-19(25)12-24(3)21(27)15(2)29-20(26)13-28-18-6-4-5-16(22)11-18/h4-11,15H,12-13H2,1-3H3,(H,23,25)/t15-/m1/s1. The number of anilines is 1. The average molecular weight is 419 g/mol. The molecule has 0 aromatic heterocycles. The van der Waals surface area contributed by atoms with Crippen LogP contribution in [0.2, 0.25) is 5.02 Å². The maximum Gasteiger partial charge on any atom is 0.344 e. The summed E-state index contributed by atoms with van der Waals surface area (Å²) in [6, 6.07) is 13.9. The predicted octanol–water partition coefficient (Wildman–Crippen LogP) is 3.06. The summed E-state index contributed by atoms with van der Waals surface area (Å²) in [6.07, 6.45) is -1.05. The first-order chi connectivity index (χ1) is 13.7. The Labute approximate surface area is 174 Å². The molecule has 0 heterocycles. The van der Waals surface area contributed by atoms with Gasteiger partial charge in [0, 0.05) is 17.8 Å². The lowest BCUT2D eigenvalue weighted by atomic mass is 10.2. The highest BCUT2D eigenvalue weighted by Gasteiger charge is 2.23. The van der Waals surface area contributed by atoms with Gasteiger partial charge in [0.2, 0.25) is 5.91 Å². The first-order valence-electron chi connectivity index (χ1n) is 8.94. The number of nitrogens with zero attached hydrogens (tertiary/aromatic N) is 1. The molecule has 7 nitrogen and oxygen atoms in total. The number of carbonyl (C=O) groups is 3. The molecule has 0 unspecified atom stereocenters. The van der Waals surface area contributed by atoms with Gasteiger partial charge in [-0.3, -0.25) is 9.59 Å². The van der Waals surface area contributed by atoms with Crippen LogP contribution in [-0.4, -0.2) is 49.0 Å². The molecule has 0 fully saturated rings. The summed E-state index contributed by atoms with van der Waals surface area (Å²) in [5.41, 5.74) is 1.71. The van der Waals surface area contributed by atoms with E-state index in [1.54, 1.807) is 36.4 Å². The number of aryl methyl sites for hydroxylation is 1. The molecule has 0 saturated carbocycles. The molecular formula is C21H23ClN2O5. The van der Waals surface area contributed by atoms with Gasteiger partial charge in [-0.05, 0) is 44.2 Å². The second kappa shape index (κ2) is 10.5. The molecule has 0 spiro atoms. The lowest BCUT2D eigenvalue weighted by Gasteiger charge is -2.21. The highest BCUT2D eigenvalue weighted by molar-refractivity contribution is 6.30. The molecule has 8 heteroatoms. The lowest BCUT2D eigenvalue weighted by molar-refractivity contribution is -0.160.